The first-order valence-electron chi connectivity index (χ1n) is 9.01. The number of amides is 3. The molecule has 2 atom stereocenters. The number of rotatable bonds is 6. The average Bonchev–Trinajstić information content (AvgIpc) is 2.92. The van der Waals surface area contributed by atoms with Gasteiger partial charge in [0.15, 0.2) is 6.61 Å². The number of hydrogen-bond donors (Lipinski definition) is 1. The number of fused-ring (bicyclic) bond motifs is 1. The van der Waals surface area contributed by atoms with E-state index in [1.54, 1.807) is 12.1 Å². The predicted molar refractivity (Wildman–Crippen MR) is 99.4 cm³/mol. The summed E-state index contributed by atoms with van der Waals surface area (Å²) in [5, 5.41) is 2.61. The molecule has 8 heteroatoms. The van der Waals surface area contributed by atoms with Crippen molar-refractivity contribution in [1.29, 1.82) is 0 Å². The summed E-state index contributed by atoms with van der Waals surface area (Å²) in [6.45, 7) is 0.860. The van der Waals surface area contributed by atoms with E-state index in [9.17, 15) is 19.2 Å². The molecule has 3 amide bonds. The molecule has 1 aromatic rings. The second-order valence-electron chi connectivity index (χ2n) is 6.83. The van der Waals surface area contributed by atoms with E-state index in [0.29, 0.717) is 24.3 Å². The Labute approximate surface area is 162 Å². The molecule has 8 nitrogen and oxygen atoms in total. The van der Waals surface area contributed by atoms with Gasteiger partial charge in [-0.3, -0.25) is 24.1 Å². The molecule has 1 aromatic carbocycles. The molecule has 0 saturated carbocycles. The van der Waals surface area contributed by atoms with Crippen LogP contribution in [0.2, 0.25) is 0 Å². The number of methoxy groups -OCH3 is 1. The molecule has 1 saturated heterocycles. The topological polar surface area (TPSA) is 102 Å². The number of aryl methyl sites for hydroxylation is 1. The molecular weight excluding hydrogens is 364 g/mol. The van der Waals surface area contributed by atoms with Crippen molar-refractivity contribution in [3.8, 4) is 5.75 Å². The van der Waals surface area contributed by atoms with Gasteiger partial charge in [0.1, 0.15) is 12.3 Å². The van der Waals surface area contributed by atoms with Crippen LogP contribution in [-0.2, 0) is 23.9 Å². The summed E-state index contributed by atoms with van der Waals surface area (Å²) < 4.78 is 10.1. The standard InChI is InChI=1S/C20H22N2O6/c1-12-7-8-16(27-2)15(9-12)21-17(23)11-28-18(24)10-22-19(25)13-5-3-4-6-14(13)20(22)26/h3-4,7-9,13-14H,5-6,10-11H2,1-2H3,(H,21,23)/t13-,14+. The molecule has 2 aliphatic rings. The lowest BCUT2D eigenvalue weighted by Crippen LogP contribution is -2.37. The number of ether oxygens (including phenoxy) is 2. The number of anilines is 1. The molecule has 28 heavy (non-hydrogen) atoms. The van der Waals surface area contributed by atoms with E-state index in [2.05, 4.69) is 5.32 Å². The fourth-order valence-electron chi connectivity index (χ4n) is 3.45. The Balaban J connectivity index is 1.52. The number of nitrogens with one attached hydrogen (secondary N) is 1. The third-order valence-electron chi connectivity index (χ3n) is 4.88. The molecule has 1 N–H and O–H groups in total. The zero-order valence-electron chi connectivity index (χ0n) is 15.8. The number of allylic oxidation sites excluding steroid dienone is 2. The zero-order valence-corrected chi connectivity index (χ0v) is 15.8. The molecule has 3 rings (SSSR count). The van der Waals surface area contributed by atoms with Gasteiger partial charge < -0.3 is 14.8 Å². The van der Waals surface area contributed by atoms with E-state index >= 15 is 0 Å². The van der Waals surface area contributed by atoms with Crippen LogP contribution in [0.3, 0.4) is 0 Å². The highest BCUT2D eigenvalue weighted by atomic mass is 16.5. The predicted octanol–water partition coefficient (Wildman–Crippen LogP) is 1.44. The summed E-state index contributed by atoms with van der Waals surface area (Å²) in [7, 11) is 1.48. The summed E-state index contributed by atoms with van der Waals surface area (Å²) in [4.78, 5) is 49.7. The van der Waals surface area contributed by atoms with Crippen molar-refractivity contribution in [3.05, 3.63) is 35.9 Å². The number of hydrogen-bond acceptors (Lipinski definition) is 6. The zero-order chi connectivity index (χ0) is 20.3. The Kier molecular flexibility index (Phi) is 5.77. The lowest BCUT2D eigenvalue weighted by Gasteiger charge is -2.14. The molecule has 1 fully saturated rings. The minimum atomic E-state index is -0.806. The van der Waals surface area contributed by atoms with Crippen LogP contribution in [0, 0.1) is 18.8 Å². The number of benzene rings is 1. The Morgan fingerprint density at radius 3 is 2.39 bits per heavy atom. The van der Waals surface area contributed by atoms with E-state index in [0.717, 1.165) is 10.5 Å². The Morgan fingerprint density at radius 1 is 1.14 bits per heavy atom. The largest absolute Gasteiger partial charge is 0.495 e. The quantitative estimate of drug-likeness (QED) is 0.451. The molecule has 0 bridgehead atoms. The molecule has 0 unspecified atom stereocenters. The second kappa shape index (κ2) is 8.24. The van der Waals surface area contributed by atoms with Crippen molar-refractivity contribution in [2.45, 2.75) is 19.8 Å². The van der Waals surface area contributed by atoms with Gasteiger partial charge in [0.2, 0.25) is 11.8 Å². The molecule has 1 heterocycles. The third kappa shape index (κ3) is 4.05. The van der Waals surface area contributed by atoms with Gasteiger partial charge in [-0.2, -0.15) is 0 Å². The number of carbonyl (C=O) groups is 4. The van der Waals surface area contributed by atoms with Crippen LogP contribution >= 0.6 is 0 Å². The molecule has 0 spiro atoms. The summed E-state index contributed by atoms with van der Waals surface area (Å²) in [6, 6.07) is 5.29. The normalized spacial score (nSPS) is 20.7. The Morgan fingerprint density at radius 2 is 1.79 bits per heavy atom. The summed E-state index contributed by atoms with van der Waals surface area (Å²) >= 11 is 0. The van der Waals surface area contributed by atoms with Crippen molar-refractivity contribution in [2.75, 3.05) is 25.6 Å². The van der Waals surface area contributed by atoms with Crippen molar-refractivity contribution in [1.82, 2.24) is 4.90 Å². The van der Waals surface area contributed by atoms with E-state index in [1.165, 1.54) is 7.11 Å². The van der Waals surface area contributed by atoms with Gasteiger partial charge in [-0.15, -0.1) is 0 Å². The number of carbonyl (C=O) groups excluding carboxylic acids is 4. The van der Waals surface area contributed by atoms with Crippen molar-refractivity contribution < 1.29 is 28.7 Å². The number of esters is 1. The molecule has 1 aliphatic carbocycles. The maximum Gasteiger partial charge on any atom is 0.326 e. The van der Waals surface area contributed by atoms with Gasteiger partial charge in [-0.05, 0) is 37.5 Å². The van der Waals surface area contributed by atoms with Crippen LogP contribution in [0.1, 0.15) is 18.4 Å². The van der Waals surface area contributed by atoms with E-state index in [4.69, 9.17) is 9.47 Å². The number of nitrogens with zero attached hydrogens (tertiary/aromatic N) is 1. The minimum absolute atomic E-state index is 0.356. The van der Waals surface area contributed by atoms with Gasteiger partial charge in [-0.1, -0.05) is 18.2 Å². The van der Waals surface area contributed by atoms with Crippen LogP contribution in [0.5, 0.6) is 5.75 Å². The summed E-state index contributed by atoms with van der Waals surface area (Å²) in [6.07, 6.45) is 4.75. The van der Waals surface area contributed by atoms with Crippen LogP contribution in [0.4, 0.5) is 5.69 Å². The van der Waals surface area contributed by atoms with E-state index < -0.39 is 36.9 Å². The minimum Gasteiger partial charge on any atom is -0.495 e. The van der Waals surface area contributed by atoms with Gasteiger partial charge in [0, 0.05) is 0 Å². The van der Waals surface area contributed by atoms with E-state index in [-0.39, 0.29) is 11.8 Å². The molecular formula is C20H22N2O6. The summed E-state index contributed by atoms with van der Waals surface area (Å²) in [5.41, 5.74) is 1.39. The Bertz CT molecular complexity index is 821. The van der Waals surface area contributed by atoms with Crippen molar-refractivity contribution in [3.63, 3.8) is 0 Å². The third-order valence-corrected chi connectivity index (χ3v) is 4.88. The molecule has 0 radical (unpaired) electrons. The van der Waals surface area contributed by atoms with Gasteiger partial charge >= 0.3 is 5.97 Å². The number of likely N-dealkylation sites (tertiary alicyclic amines) is 1. The van der Waals surface area contributed by atoms with Crippen LogP contribution in [0.15, 0.2) is 30.4 Å². The maximum atomic E-state index is 12.3. The van der Waals surface area contributed by atoms with Crippen LogP contribution < -0.4 is 10.1 Å². The molecule has 148 valence electrons. The Hall–Kier alpha value is -3.16. The lowest BCUT2D eigenvalue weighted by atomic mass is 9.85. The second-order valence-corrected chi connectivity index (χ2v) is 6.83. The first kappa shape index (κ1) is 19.6. The highest BCUT2D eigenvalue weighted by molar-refractivity contribution is 6.07. The van der Waals surface area contributed by atoms with Crippen molar-refractivity contribution >= 4 is 29.4 Å². The SMILES string of the molecule is COc1ccc(C)cc1NC(=O)COC(=O)CN1C(=O)[C@H]2CC=CC[C@H]2C1=O. The van der Waals surface area contributed by atoms with Gasteiger partial charge in [-0.25, -0.2) is 0 Å². The fourth-order valence-corrected chi connectivity index (χ4v) is 3.45. The summed E-state index contributed by atoms with van der Waals surface area (Å²) in [5.74, 6) is -2.39. The maximum absolute atomic E-state index is 12.3. The first-order chi connectivity index (χ1) is 13.4. The monoisotopic (exact) mass is 386 g/mol. The van der Waals surface area contributed by atoms with E-state index in [1.807, 2.05) is 25.1 Å². The van der Waals surface area contributed by atoms with Gasteiger partial charge in [0.05, 0.1) is 24.6 Å². The number of imide groups is 1. The van der Waals surface area contributed by atoms with Crippen molar-refractivity contribution in [2.24, 2.45) is 11.8 Å². The first-order valence-corrected chi connectivity index (χ1v) is 9.01. The highest BCUT2D eigenvalue weighted by Crippen LogP contribution is 2.34. The lowest BCUT2D eigenvalue weighted by molar-refractivity contribution is -0.154. The fraction of sp³-hybridized carbons (Fsp3) is 0.400. The van der Waals surface area contributed by atoms with Crippen LogP contribution in [-0.4, -0.2) is 48.9 Å². The molecule has 1 aliphatic heterocycles. The molecule has 0 aromatic heterocycles. The smallest absolute Gasteiger partial charge is 0.326 e. The average molecular weight is 386 g/mol. The van der Waals surface area contributed by atoms with Crippen LogP contribution in [0.25, 0.3) is 0 Å². The highest BCUT2D eigenvalue weighted by Gasteiger charge is 2.47. The van der Waals surface area contributed by atoms with Gasteiger partial charge in [0.25, 0.3) is 5.91 Å².